The molecule has 0 rings (SSSR count). The monoisotopic (exact) mass is 209 g/mol. The molecule has 0 bridgehead atoms. The minimum atomic E-state index is -3.26. The molecule has 0 saturated carbocycles. The van der Waals surface area contributed by atoms with Gasteiger partial charge in [0.05, 0.1) is 11.9 Å². The molecule has 2 N–H and O–H groups in total. The Balaban J connectivity index is 4.41. The fraction of sp³-hybridized carbons (Fsp3) is 1.00. The highest BCUT2D eigenvalue weighted by Crippen LogP contribution is 2.05. The van der Waals surface area contributed by atoms with Gasteiger partial charge in [0.1, 0.15) is 0 Å². The lowest BCUT2D eigenvalue weighted by Crippen LogP contribution is -2.44. The normalized spacial score (nSPS) is 15.3. The van der Waals surface area contributed by atoms with Crippen molar-refractivity contribution in [3.05, 3.63) is 0 Å². The quantitative estimate of drug-likeness (QED) is 0.686. The summed E-state index contributed by atoms with van der Waals surface area (Å²) in [7, 11) is -3.26. The van der Waals surface area contributed by atoms with Crippen LogP contribution < -0.4 is 4.72 Å². The molecule has 13 heavy (non-hydrogen) atoms. The van der Waals surface area contributed by atoms with E-state index in [9.17, 15) is 8.42 Å². The van der Waals surface area contributed by atoms with Crippen molar-refractivity contribution >= 4 is 10.0 Å². The number of aliphatic hydroxyl groups is 1. The summed E-state index contributed by atoms with van der Waals surface area (Å²) in [4.78, 5) is 0. The molecular formula is C8H19NO3S. The predicted octanol–water partition coefficient (Wildman–Crippen LogP) is 0.331. The standard InChI is InChI=1S/C8H19NO3S/c1-6(2)8(5-10)9-13(11,12)7(3)4/h6-10H,5H2,1-4H3/t8-/m0/s1. The van der Waals surface area contributed by atoms with Crippen LogP contribution in [0, 0.1) is 5.92 Å². The Hall–Kier alpha value is -0.130. The maximum absolute atomic E-state index is 11.4. The summed E-state index contributed by atoms with van der Waals surface area (Å²) in [5.41, 5.74) is 0. The van der Waals surface area contributed by atoms with E-state index in [1.54, 1.807) is 13.8 Å². The number of hydrogen-bond donors (Lipinski definition) is 2. The predicted molar refractivity (Wildman–Crippen MR) is 52.9 cm³/mol. The number of aliphatic hydroxyl groups excluding tert-OH is 1. The van der Waals surface area contributed by atoms with Gasteiger partial charge in [-0.1, -0.05) is 13.8 Å². The van der Waals surface area contributed by atoms with E-state index in [-0.39, 0.29) is 18.6 Å². The SMILES string of the molecule is CC(C)[C@H](CO)NS(=O)(=O)C(C)C. The molecule has 0 amide bonds. The smallest absolute Gasteiger partial charge is 0.214 e. The number of sulfonamides is 1. The third kappa shape index (κ3) is 4.06. The number of nitrogens with one attached hydrogen (secondary N) is 1. The summed E-state index contributed by atoms with van der Waals surface area (Å²) in [5.74, 6) is 0.0959. The molecule has 0 aliphatic carbocycles. The first-order chi connectivity index (χ1) is 5.81. The second-order valence-corrected chi connectivity index (χ2v) is 6.01. The summed E-state index contributed by atoms with van der Waals surface area (Å²) in [6.45, 7) is 6.78. The van der Waals surface area contributed by atoms with Crippen molar-refractivity contribution < 1.29 is 13.5 Å². The van der Waals surface area contributed by atoms with Gasteiger partial charge in [-0.05, 0) is 19.8 Å². The molecule has 0 aliphatic heterocycles. The first kappa shape index (κ1) is 12.9. The molecule has 0 aromatic heterocycles. The molecule has 0 saturated heterocycles. The van der Waals surface area contributed by atoms with Gasteiger partial charge in [-0.15, -0.1) is 0 Å². The first-order valence-electron chi connectivity index (χ1n) is 4.43. The maximum atomic E-state index is 11.4. The van der Waals surface area contributed by atoms with E-state index in [1.807, 2.05) is 13.8 Å². The Morgan fingerprint density at radius 2 is 1.69 bits per heavy atom. The van der Waals surface area contributed by atoms with Gasteiger partial charge in [0.25, 0.3) is 0 Å². The minimum absolute atomic E-state index is 0.0959. The molecule has 0 radical (unpaired) electrons. The van der Waals surface area contributed by atoms with Crippen LogP contribution in [0.2, 0.25) is 0 Å². The average Bonchev–Trinajstić information content (AvgIpc) is 1.99. The van der Waals surface area contributed by atoms with Crippen LogP contribution in [0.4, 0.5) is 0 Å². The molecule has 0 fully saturated rings. The molecule has 80 valence electrons. The molecule has 5 heteroatoms. The van der Waals surface area contributed by atoms with Gasteiger partial charge >= 0.3 is 0 Å². The molecule has 0 spiro atoms. The highest BCUT2D eigenvalue weighted by molar-refractivity contribution is 7.90. The summed E-state index contributed by atoms with van der Waals surface area (Å²) in [5, 5.41) is 8.46. The Kier molecular flexibility index (Phi) is 4.88. The van der Waals surface area contributed by atoms with Crippen molar-refractivity contribution in [3.8, 4) is 0 Å². The van der Waals surface area contributed by atoms with E-state index < -0.39 is 15.3 Å². The summed E-state index contributed by atoms with van der Waals surface area (Å²) < 4.78 is 25.2. The third-order valence-electron chi connectivity index (χ3n) is 1.94. The summed E-state index contributed by atoms with van der Waals surface area (Å²) in [6.07, 6.45) is 0. The molecule has 0 aromatic rings. The topological polar surface area (TPSA) is 66.4 Å². The van der Waals surface area contributed by atoms with Crippen LogP contribution in [-0.2, 0) is 10.0 Å². The lowest BCUT2D eigenvalue weighted by molar-refractivity contribution is 0.227. The lowest BCUT2D eigenvalue weighted by Gasteiger charge is -2.21. The molecule has 0 unspecified atom stereocenters. The maximum Gasteiger partial charge on any atom is 0.214 e. The zero-order valence-electron chi connectivity index (χ0n) is 8.61. The number of hydrogen-bond acceptors (Lipinski definition) is 3. The van der Waals surface area contributed by atoms with E-state index in [0.717, 1.165) is 0 Å². The molecule has 0 aliphatic rings. The van der Waals surface area contributed by atoms with E-state index in [4.69, 9.17) is 5.11 Å². The lowest BCUT2D eigenvalue weighted by atomic mass is 10.1. The van der Waals surface area contributed by atoms with E-state index in [2.05, 4.69) is 4.72 Å². The van der Waals surface area contributed by atoms with Crippen LogP contribution in [0.5, 0.6) is 0 Å². The summed E-state index contributed by atoms with van der Waals surface area (Å²) >= 11 is 0. The zero-order chi connectivity index (χ0) is 10.6. The van der Waals surface area contributed by atoms with Gasteiger partial charge < -0.3 is 5.11 Å². The van der Waals surface area contributed by atoms with Crippen molar-refractivity contribution in [1.82, 2.24) is 4.72 Å². The Morgan fingerprint density at radius 3 is 1.92 bits per heavy atom. The second-order valence-electron chi connectivity index (χ2n) is 3.74. The molecular weight excluding hydrogens is 190 g/mol. The van der Waals surface area contributed by atoms with Gasteiger partial charge in [-0.25, -0.2) is 13.1 Å². The van der Waals surface area contributed by atoms with Crippen LogP contribution in [0.15, 0.2) is 0 Å². The van der Waals surface area contributed by atoms with Crippen molar-refractivity contribution in [2.75, 3.05) is 6.61 Å². The van der Waals surface area contributed by atoms with E-state index in [1.165, 1.54) is 0 Å². The highest BCUT2D eigenvalue weighted by atomic mass is 32.2. The molecule has 0 aromatic carbocycles. The van der Waals surface area contributed by atoms with Crippen molar-refractivity contribution in [2.45, 2.75) is 39.0 Å². The van der Waals surface area contributed by atoms with Crippen molar-refractivity contribution in [1.29, 1.82) is 0 Å². The summed E-state index contributed by atoms with van der Waals surface area (Å²) in [6, 6.07) is -0.382. The largest absolute Gasteiger partial charge is 0.395 e. The van der Waals surface area contributed by atoms with Crippen LogP contribution in [-0.4, -0.2) is 31.4 Å². The third-order valence-corrected chi connectivity index (χ3v) is 3.81. The van der Waals surface area contributed by atoms with Crippen LogP contribution >= 0.6 is 0 Å². The van der Waals surface area contributed by atoms with Gasteiger partial charge in [0.2, 0.25) is 10.0 Å². The van der Waals surface area contributed by atoms with Crippen LogP contribution in [0.25, 0.3) is 0 Å². The van der Waals surface area contributed by atoms with Crippen LogP contribution in [0.1, 0.15) is 27.7 Å². The van der Waals surface area contributed by atoms with Gasteiger partial charge in [0.15, 0.2) is 0 Å². The molecule has 0 heterocycles. The highest BCUT2D eigenvalue weighted by Gasteiger charge is 2.22. The zero-order valence-corrected chi connectivity index (χ0v) is 9.43. The minimum Gasteiger partial charge on any atom is -0.395 e. The fourth-order valence-corrected chi connectivity index (χ4v) is 1.77. The van der Waals surface area contributed by atoms with Gasteiger partial charge in [-0.2, -0.15) is 0 Å². The molecule has 4 nitrogen and oxygen atoms in total. The van der Waals surface area contributed by atoms with Crippen molar-refractivity contribution in [2.24, 2.45) is 5.92 Å². The fourth-order valence-electron chi connectivity index (χ4n) is 0.731. The second kappa shape index (κ2) is 4.93. The molecule has 1 atom stereocenters. The van der Waals surface area contributed by atoms with Crippen molar-refractivity contribution in [3.63, 3.8) is 0 Å². The average molecular weight is 209 g/mol. The van der Waals surface area contributed by atoms with Gasteiger partial charge in [0, 0.05) is 6.04 Å². The van der Waals surface area contributed by atoms with E-state index >= 15 is 0 Å². The Bertz CT molecular complexity index is 234. The Labute approximate surface area is 80.4 Å². The number of rotatable bonds is 5. The van der Waals surface area contributed by atoms with E-state index in [0.29, 0.717) is 0 Å². The van der Waals surface area contributed by atoms with Gasteiger partial charge in [-0.3, -0.25) is 0 Å². The first-order valence-corrected chi connectivity index (χ1v) is 5.98. The van der Waals surface area contributed by atoms with Crippen LogP contribution in [0.3, 0.4) is 0 Å². The Morgan fingerprint density at radius 1 is 1.23 bits per heavy atom.